The lowest BCUT2D eigenvalue weighted by Gasteiger charge is -2.23. The van der Waals surface area contributed by atoms with Gasteiger partial charge in [0, 0.05) is 19.8 Å². The smallest absolute Gasteiger partial charge is 0.337 e. The van der Waals surface area contributed by atoms with Crippen LogP contribution in [0, 0.1) is 0 Å². The Kier molecular flexibility index (Phi) is 6.15. The second-order valence-corrected chi connectivity index (χ2v) is 6.92. The molecule has 3 N–H and O–H groups in total. The summed E-state index contributed by atoms with van der Waals surface area (Å²) in [5.41, 5.74) is 7.14. The predicted octanol–water partition coefficient (Wildman–Crippen LogP) is 1.66. The minimum atomic E-state index is -0.689. The van der Waals surface area contributed by atoms with Gasteiger partial charge in [0.25, 0.3) is 5.56 Å². The first kappa shape index (κ1) is 21.7. The molecule has 0 aliphatic heterocycles. The summed E-state index contributed by atoms with van der Waals surface area (Å²) >= 11 is 0. The molecular formula is C22H24N4O5. The number of aromatic nitrogens is 2. The van der Waals surface area contributed by atoms with Crippen molar-refractivity contribution in [1.82, 2.24) is 9.13 Å². The maximum Gasteiger partial charge on any atom is 0.337 e. The summed E-state index contributed by atoms with van der Waals surface area (Å²) in [6.07, 6.45) is 0. The molecule has 9 heteroatoms. The number of nitrogen functional groups attached to an aromatic ring is 1. The molecule has 0 saturated heterocycles. The second kappa shape index (κ2) is 8.78. The van der Waals surface area contributed by atoms with Crippen molar-refractivity contribution in [2.24, 2.45) is 14.1 Å². The van der Waals surface area contributed by atoms with E-state index in [0.717, 1.165) is 4.57 Å². The lowest BCUT2D eigenvalue weighted by atomic mass is 9.98. The first-order valence-corrected chi connectivity index (χ1v) is 9.42. The molecule has 0 aliphatic rings. The van der Waals surface area contributed by atoms with Crippen LogP contribution in [-0.2, 0) is 18.8 Å². The topological polar surface area (TPSA) is 118 Å². The Hall–Kier alpha value is -4.01. The summed E-state index contributed by atoms with van der Waals surface area (Å²) in [7, 11) is 5.78. The number of anilines is 2. The number of nitrogens with two attached hydrogens (primary N) is 1. The lowest BCUT2D eigenvalue weighted by Crippen LogP contribution is -2.42. The Labute approximate surface area is 178 Å². The quantitative estimate of drug-likeness (QED) is 0.578. The molecule has 0 radical (unpaired) electrons. The molecular weight excluding hydrogens is 400 g/mol. The lowest BCUT2D eigenvalue weighted by molar-refractivity contribution is 0.0600. The molecule has 162 valence electrons. The number of carbonyl (C=O) groups excluding carboxylic acids is 1. The summed E-state index contributed by atoms with van der Waals surface area (Å²) in [6, 6.07) is 13.1. The molecule has 2 aromatic carbocycles. The minimum Gasteiger partial charge on any atom is -0.497 e. The molecule has 0 amide bonds. The van der Waals surface area contributed by atoms with Gasteiger partial charge in [0.1, 0.15) is 11.6 Å². The molecule has 3 rings (SSSR count). The molecule has 9 nitrogen and oxygen atoms in total. The van der Waals surface area contributed by atoms with Gasteiger partial charge in [-0.2, -0.15) is 0 Å². The van der Waals surface area contributed by atoms with Crippen LogP contribution in [0.4, 0.5) is 11.5 Å². The van der Waals surface area contributed by atoms with Gasteiger partial charge in [-0.05, 0) is 42.0 Å². The average Bonchev–Trinajstić information content (AvgIpc) is 2.81. The van der Waals surface area contributed by atoms with E-state index in [1.54, 1.807) is 55.6 Å². The van der Waals surface area contributed by atoms with E-state index in [1.165, 1.54) is 25.8 Å². The third-order valence-electron chi connectivity index (χ3n) is 5.10. The number of nitrogens with one attached hydrogen (secondary N) is 1. The summed E-state index contributed by atoms with van der Waals surface area (Å²) in [4.78, 5) is 37.1. The summed E-state index contributed by atoms with van der Waals surface area (Å²) in [6.45, 7) is 0. The number of methoxy groups -OCH3 is 2. The van der Waals surface area contributed by atoms with Gasteiger partial charge < -0.3 is 20.5 Å². The van der Waals surface area contributed by atoms with E-state index >= 15 is 0 Å². The fourth-order valence-electron chi connectivity index (χ4n) is 3.26. The molecule has 1 atom stereocenters. The van der Waals surface area contributed by atoms with Crippen LogP contribution in [0.5, 0.6) is 5.75 Å². The fraction of sp³-hybridized carbons (Fsp3) is 0.227. The third kappa shape index (κ3) is 4.16. The zero-order chi connectivity index (χ0) is 22.7. The van der Waals surface area contributed by atoms with Gasteiger partial charge in [-0.15, -0.1) is 0 Å². The van der Waals surface area contributed by atoms with Crippen LogP contribution in [0.25, 0.3) is 0 Å². The molecule has 1 heterocycles. The Bertz CT molecular complexity index is 1210. The number of ether oxygens (including phenoxy) is 2. The molecule has 1 unspecified atom stereocenters. The molecule has 0 saturated carbocycles. The van der Waals surface area contributed by atoms with Crippen molar-refractivity contribution in [2.45, 2.75) is 6.04 Å². The van der Waals surface area contributed by atoms with Crippen LogP contribution in [0.1, 0.15) is 27.5 Å². The Balaban J connectivity index is 2.16. The van der Waals surface area contributed by atoms with Crippen molar-refractivity contribution < 1.29 is 14.3 Å². The normalized spacial score (nSPS) is 11.6. The van der Waals surface area contributed by atoms with Crippen LogP contribution >= 0.6 is 0 Å². The Morgan fingerprint density at radius 3 is 2.13 bits per heavy atom. The van der Waals surface area contributed by atoms with Crippen LogP contribution < -0.4 is 27.0 Å². The van der Waals surface area contributed by atoms with Crippen molar-refractivity contribution >= 4 is 17.5 Å². The van der Waals surface area contributed by atoms with Crippen molar-refractivity contribution in [2.75, 3.05) is 25.3 Å². The molecule has 1 aromatic heterocycles. The zero-order valence-corrected chi connectivity index (χ0v) is 17.7. The molecule has 31 heavy (non-hydrogen) atoms. The van der Waals surface area contributed by atoms with Crippen molar-refractivity contribution in [3.8, 4) is 5.75 Å². The van der Waals surface area contributed by atoms with E-state index in [2.05, 4.69) is 5.32 Å². The molecule has 0 aliphatic carbocycles. The SMILES string of the molecule is COC(=O)c1ccc(C(Nc2ccc(OC)cc2)c2c(N)n(C)c(=O)n(C)c2=O)cc1. The number of hydrogen-bond acceptors (Lipinski definition) is 7. The van der Waals surface area contributed by atoms with Crippen LogP contribution in [0.3, 0.4) is 0 Å². The largest absolute Gasteiger partial charge is 0.497 e. The highest BCUT2D eigenvalue weighted by molar-refractivity contribution is 5.89. The summed E-state index contributed by atoms with van der Waals surface area (Å²) in [5, 5.41) is 3.30. The van der Waals surface area contributed by atoms with Crippen LogP contribution in [0.2, 0.25) is 0 Å². The minimum absolute atomic E-state index is 0.0520. The Morgan fingerprint density at radius 1 is 0.968 bits per heavy atom. The number of benzene rings is 2. The first-order chi connectivity index (χ1) is 14.8. The second-order valence-electron chi connectivity index (χ2n) is 6.92. The average molecular weight is 424 g/mol. The maximum atomic E-state index is 13.0. The van der Waals surface area contributed by atoms with E-state index in [-0.39, 0.29) is 11.4 Å². The highest BCUT2D eigenvalue weighted by atomic mass is 16.5. The summed E-state index contributed by atoms with van der Waals surface area (Å²) in [5.74, 6) is 0.266. The molecule has 0 bridgehead atoms. The predicted molar refractivity (Wildman–Crippen MR) is 118 cm³/mol. The van der Waals surface area contributed by atoms with E-state index in [9.17, 15) is 14.4 Å². The van der Waals surface area contributed by atoms with Crippen molar-refractivity contribution in [1.29, 1.82) is 0 Å². The first-order valence-electron chi connectivity index (χ1n) is 9.42. The van der Waals surface area contributed by atoms with E-state index in [4.69, 9.17) is 15.2 Å². The molecule has 0 spiro atoms. The number of carbonyl (C=O) groups is 1. The number of rotatable bonds is 6. The highest BCUT2D eigenvalue weighted by Gasteiger charge is 2.24. The number of nitrogens with zero attached hydrogens (tertiary/aromatic N) is 2. The van der Waals surface area contributed by atoms with Crippen molar-refractivity contribution in [3.05, 3.63) is 86.1 Å². The molecule has 3 aromatic rings. The molecule has 0 fully saturated rings. The Morgan fingerprint density at radius 2 is 1.58 bits per heavy atom. The zero-order valence-electron chi connectivity index (χ0n) is 17.7. The van der Waals surface area contributed by atoms with Crippen molar-refractivity contribution in [3.63, 3.8) is 0 Å². The van der Waals surface area contributed by atoms with Gasteiger partial charge in [-0.1, -0.05) is 12.1 Å². The van der Waals surface area contributed by atoms with E-state index < -0.39 is 23.3 Å². The number of esters is 1. The standard InChI is InChI=1S/C22H24N4O5/c1-25-19(23)17(20(27)26(2)22(25)29)18(24-15-9-11-16(30-3)12-10-15)13-5-7-14(8-6-13)21(28)31-4/h5-12,18,24H,23H2,1-4H3. The van der Waals surface area contributed by atoms with Crippen LogP contribution in [0.15, 0.2) is 58.1 Å². The fourth-order valence-corrected chi connectivity index (χ4v) is 3.26. The number of hydrogen-bond donors (Lipinski definition) is 2. The summed E-state index contributed by atoms with van der Waals surface area (Å²) < 4.78 is 12.2. The van der Waals surface area contributed by atoms with Gasteiger partial charge in [0.05, 0.1) is 31.4 Å². The van der Waals surface area contributed by atoms with Gasteiger partial charge in [0.15, 0.2) is 0 Å². The monoisotopic (exact) mass is 424 g/mol. The van der Waals surface area contributed by atoms with Gasteiger partial charge in [0.2, 0.25) is 0 Å². The maximum absolute atomic E-state index is 13.0. The van der Waals surface area contributed by atoms with E-state index in [0.29, 0.717) is 22.6 Å². The highest BCUT2D eigenvalue weighted by Crippen LogP contribution is 2.29. The van der Waals surface area contributed by atoms with Gasteiger partial charge >= 0.3 is 11.7 Å². The third-order valence-corrected chi connectivity index (χ3v) is 5.10. The van der Waals surface area contributed by atoms with Crippen LogP contribution in [-0.4, -0.2) is 29.3 Å². The van der Waals surface area contributed by atoms with E-state index in [1.807, 2.05) is 0 Å². The van der Waals surface area contributed by atoms with Gasteiger partial charge in [-0.3, -0.25) is 13.9 Å². The van der Waals surface area contributed by atoms with Gasteiger partial charge in [-0.25, -0.2) is 9.59 Å².